The van der Waals surface area contributed by atoms with Gasteiger partial charge in [-0.2, -0.15) is 0 Å². The van der Waals surface area contributed by atoms with Crippen LogP contribution in [0.1, 0.15) is 5.56 Å². The van der Waals surface area contributed by atoms with Gasteiger partial charge in [0, 0.05) is 11.9 Å². The maximum Gasteiger partial charge on any atom is 0.184 e. The summed E-state index contributed by atoms with van der Waals surface area (Å²) < 4.78 is 0.887. The van der Waals surface area contributed by atoms with Gasteiger partial charge in [-0.1, -0.05) is 30.3 Å². The molecule has 0 radical (unpaired) electrons. The first-order valence-electron chi connectivity index (χ1n) is 4.23. The Hall–Kier alpha value is -0.870. The molecule has 0 bridgehead atoms. The van der Waals surface area contributed by atoms with Crippen LogP contribution in [0.2, 0.25) is 0 Å². The van der Waals surface area contributed by atoms with Gasteiger partial charge in [0.1, 0.15) is 4.60 Å². The van der Waals surface area contributed by atoms with E-state index in [4.69, 9.17) is 0 Å². The summed E-state index contributed by atoms with van der Waals surface area (Å²) in [5.41, 5.74) is 1.26. The Bertz CT molecular complexity index is 400. The highest BCUT2D eigenvalue weighted by atomic mass is 79.9. The first-order chi connectivity index (χ1) is 6.84. The Morgan fingerprint density at radius 2 is 2.07 bits per heavy atom. The smallest absolute Gasteiger partial charge is 0.184 e. The van der Waals surface area contributed by atoms with Gasteiger partial charge >= 0.3 is 0 Å². The van der Waals surface area contributed by atoms with Gasteiger partial charge in [-0.25, -0.2) is 4.98 Å². The lowest BCUT2D eigenvalue weighted by atomic mass is 10.2. The van der Waals surface area contributed by atoms with Gasteiger partial charge in [0.15, 0.2) is 5.13 Å². The Labute approximate surface area is 95.1 Å². The van der Waals surface area contributed by atoms with E-state index in [1.54, 1.807) is 11.3 Å². The number of thiazole rings is 1. The van der Waals surface area contributed by atoms with Crippen LogP contribution < -0.4 is 5.32 Å². The maximum atomic E-state index is 4.25. The predicted octanol–water partition coefficient (Wildman–Crippen LogP) is 3.52. The Morgan fingerprint density at radius 1 is 1.29 bits per heavy atom. The molecule has 0 saturated heterocycles. The molecule has 2 aromatic rings. The van der Waals surface area contributed by atoms with Crippen molar-refractivity contribution in [3.05, 3.63) is 45.9 Å². The van der Waals surface area contributed by atoms with Crippen LogP contribution in [0.25, 0.3) is 0 Å². The second-order valence-electron chi connectivity index (χ2n) is 2.81. The van der Waals surface area contributed by atoms with Crippen LogP contribution in [0.15, 0.2) is 40.3 Å². The lowest BCUT2D eigenvalue weighted by Gasteiger charge is -2.01. The third kappa shape index (κ3) is 2.56. The van der Waals surface area contributed by atoms with Crippen molar-refractivity contribution in [2.75, 3.05) is 5.32 Å². The Kier molecular flexibility index (Phi) is 3.16. The zero-order valence-electron chi connectivity index (χ0n) is 7.40. The summed E-state index contributed by atoms with van der Waals surface area (Å²) in [6.45, 7) is 0.820. The standard InChI is InChI=1S/C10H9BrN2S/c11-9-7-14-10(13-9)12-6-8-4-2-1-3-5-8/h1-5,7H,6H2,(H,12,13). The lowest BCUT2D eigenvalue weighted by molar-refractivity contribution is 1.13. The molecule has 0 spiro atoms. The highest BCUT2D eigenvalue weighted by molar-refractivity contribution is 9.10. The molecular weight excluding hydrogens is 260 g/mol. The quantitative estimate of drug-likeness (QED) is 0.922. The van der Waals surface area contributed by atoms with Gasteiger partial charge in [-0.05, 0) is 21.5 Å². The maximum absolute atomic E-state index is 4.25. The fourth-order valence-electron chi connectivity index (χ4n) is 1.11. The molecule has 2 nitrogen and oxygen atoms in total. The summed E-state index contributed by atoms with van der Waals surface area (Å²) in [7, 11) is 0. The fourth-order valence-corrected chi connectivity index (χ4v) is 2.25. The van der Waals surface area contributed by atoms with Crippen molar-refractivity contribution in [3.8, 4) is 0 Å². The molecule has 1 aromatic heterocycles. The summed E-state index contributed by atoms with van der Waals surface area (Å²) in [4.78, 5) is 4.25. The van der Waals surface area contributed by atoms with E-state index in [0.29, 0.717) is 0 Å². The van der Waals surface area contributed by atoms with Crippen molar-refractivity contribution in [3.63, 3.8) is 0 Å². The molecule has 0 aliphatic carbocycles. The molecule has 4 heteroatoms. The van der Waals surface area contributed by atoms with Crippen molar-refractivity contribution >= 4 is 32.4 Å². The number of nitrogens with one attached hydrogen (secondary N) is 1. The van der Waals surface area contributed by atoms with Crippen LogP contribution in [0.4, 0.5) is 5.13 Å². The minimum absolute atomic E-state index is 0.820. The van der Waals surface area contributed by atoms with E-state index in [2.05, 4.69) is 38.4 Å². The Morgan fingerprint density at radius 3 is 2.71 bits per heavy atom. The number of hydrogen-bond donors (Lipinski definition) is 1. The molecule has 14 heavy (non-hydrogen) atoms. The molecule has 0 aliphatic rings. The molecule has 1 N–H and O–H groups in total. The van der Waals surface area contributed by atoms with Gasteiger partial charge in [0.2, 0.25) is 0 Å². The highest BCUT2D eigenvalue weighted by Gasteiger charge is 1.97. The molecule has 2 rings (SSSR count). The molecule has 0 saturated carbocycles. The van der Waals surface area contributed by atoms with E-state index in [0.717, 1.165) is 16.3 Å². The zero-order valence-corrected chi connectivity index (χ0v) is 9.81. The van der Waals surface area contributed by atoms with Gasteiger partial charge < -0.3 is 5.32 Å². The molecule has 1 heterocycles. The third-order valence-electron chi connectivity index (χ3n) is 1.76. The van der Waals surface area contributed by atoms with E-state index in [9.17, 15) is 0 Å². The van der Waals surface area contributed by atoms with Gasteiger partial charge in [0.25, 0.3) is 0 Å². The topological polar surface area (TPSA) is 24.9 Å². The summed E-state index contributed by atoms with van der Waals surface area (Å²) >= 11 is 4.92. The van der Waals surface area contributed by atoms with Crippen LogP contribution >= 0.6 is 27.3 Å². The van der Waals surface area contributed by atoms with Crippen LogP contribution in [0.3, 0.4) is 0 Å². The number of hydrogen-bond acceptors (Lipinski definition) is 3. The van der Waals surface area contributed by atoms with E-state index < -0.39 is 0 Å². The fraction of sp³-hybridized carbons (Fsp3) is 0.100. The molecule has 0 unspecified atom stereocenters. The molecule has 0 aliphatic heterocycles. The highest BCUT2D eigenvalue weighted by Crippen LogP contribution is 2.19. The number of nitrogens with zero attached hydrogens (tertiary/aromatic N) is 1. The molecule has 0 fully saturated rings. The molecule has 1 aromatic carbocycles. The first-order valence-corrected chi connectivity index (χ1v) is 5.91. The number of aromatic nitrogens is 1. The summed E-state index contributed by atoms with van der Waals surface area (Å²) in [5, 5.41) is 6.17. The monoisotopic (exact) mass is 268 g/mol. The van der Waals surface area contributed by atoms with Crippen LogP contribution in [0.5, 0.6) is 0 Å². The summed E-state index contributed by atoms with van der Waals surface area (Å²) in [6, 6.07) is 10.3. The van der Waals surface area contributed by atoms with Crippen molar-refractivity contribution in [2.45, 2.75) is 6.54 Å². The average Bonchev–Trinajstić information content (AvgIpc) is 2.63. The minimum Gasteiger partial charge on any atom is -0.357 e. The van der Waals surface area contributed by atoms with Crippen molar-refractivity contribution in [1.29, 1.82) is 0 Å². The van der Waals surface area contributed by atoms with E-state index in [1.807, 2.05) is 23.6 Å². The zero-order chi connectivity index (χ0) is 9.80. The van der Waals surface area contributed by atoms with E-state index >= 15 is 0 Å². The van der Waals surface area contributed by atoms with Crippen molar-refractivity contribution in [2.24, 2.45) is 0 Å². The second kappa shape index (κ2) is 4.57. The number of anilines is 1. The van der Waals surface area contributed by atoms with Gasteiger partial charge in [-0.15, -0.1) is 11.3 Å². The summed E-state index contributed by atoms with van der Waals surface area (Å²) in [5.74, 6) is 0. The number of halogens is 1. The molecule has 0 atom stereocenters. The van der Waals surface area contributed by atoms with Crippen LogP contribution in [-0.2, 0) is 6.54 Å². The Balaban J connectivity index is 1.95. The number of benzene rings is 1. The van der Waals surface area contributed by atoms with E-state index in [1.165, 1.54) is 5.56 Å². The lowest BCUT2D eigenvalue weighted by Crippen LogP contribution is -1.97. The van der Waals surface area contributed by atoms with Gasteiger partial charge in [-0.3, -0.25) is 0 Å². The normalized spacial score (nSPS) is 10.1. The van der Waals surface area contributed by atoms with Crippen molar-refractivity contribution in [1.82, 2.24) is 4.98 Å². The largest absolute Gasteiger partial charge is 0.357 e. The first kappa shape index (κ1) is 9.68. The molecular formula is C10H9BrN2S. The van der Waals surface area contributed by atoms with Crippen LogP contribution in [0, 0.1) is 0 Å². The average molecular weight is 269 g/mol. The number of rotatable bonds is 3. The predicted molar refractivity (Wildman–Crippen MR) is 63.6 cm³/mol. The van der Waals surface area contributed by atoms with Gasteiger partial charge in [0.05, 0.1) is 0 Å². The molecule has 0 amide bonds. The minimum atomic E-state index is 0.820. The summed E-state index contributed by atoms with van der Waals surface area (Å²) in [6.07, 6.45) is 0. The SMILES string of the molecule is Brc1csc(NCc2ccccc2)n1. The second-order valence-corrected chi connectivity index (χ2v) is 4.49. The third-order valence-corrected chi connectivity index (χ3v) is 3.27. The van der Waals surface area contributed by atoms with Crippen LogP contribution in [-0.4, -0.2) is 4.98 Å². The van der Waals surface area contributed by atoms with Crippen molar-refractivity contribution < 1.29 is 0 Å². The molecule has 72 valence electrons. The van der Waals surface area contributed by atoms with E-state index in [-0.39, 0.29) is 0 Å².